The van der Waals surface area contributed by atoms with Crippen molar-refractivity contribution >= 4 is 17.3 Å². The third-order valence-electron chi connectivity index (χ3n) is 1.96. The average Bonchev–Trinajstić information content (AvgIpc) is 2.60. The van der Waals surface area contributed by atoms with Gasteiger partial charge in [-0.15, -0.1) is 0 Å². The summed E-state index contributed by atoms with van der Waals surface area (Å²) in [4.78, 5) is 0. The Bertz CT molecular complexity index is 527. The maximum absolute atomic E-state index is 13.0. The number of nitrogens with two attached hydrogens (primary N) is 1. The van der Waals surface area contributed by atoms with Crippen molar-refractivity contribution in [2.75, 3.05) is 5.73 Å². The summed E-state index contributed by atoms with van der Waals surface area (Å²) < 4.78 is 20.0. The lowest BCUT2D eigenvalue weighted by Crippen LogP contribution is -1.93. The van der Waals surface area contributed by atoms with Crippen LogP contribution in [-0.2, 0) is 7.05 Å². The summed E-state index contributed by atoms with van der Waals surface area (Å²) in [5, 5.41) is 3.89. The van der Waals surface area contributed by atoms with Gasteiger partial charge in [0.1, 0.15) is 5.82 Å². The maximum Gasteiger partial charge on any atom is 0.165 e. The van der Waals surface area contributed by atoms with Crippen molar-refractivity contribution in [2.45, 2.75) is 0 Å². The third kappa shape index (κ3) is 2.09. The molecule has 1 heterocycles. The smallest absolute Gasteiger partial charge is 0.165 e. The summed E-state index contributed by atoms with van der Waals surface area (Å²) in [7, 11) is 1.76. The maximum atomic E-state index is 13.0. The lowest BCUT2D eigenvalue weighted by atomic mass is 10.3. The number of aryl methyl sites for hydroxylation is 1. The fraction of sp³-hybridized carbons (Fsp3) is 0.100. The van der Waals surface area contributed by atoms with Gasteiger partial charge in [0.05, 0.1) is 23.1 Å². The summed E-state index contributed by atoms with van der Waals surface area (Å²) in [6, 6.07) is 2.45. The number of aromatic nitrogens is 2. The Kier molecular flexibility index (Phi) is 2.70. The van der Waals surface area contributed by atoms with E-state index >= 15 is 0 Å². The number of hydrogen-bond donors (Lipinski definition) is 1. The minimum absolute atomic E-state index is 0.0342. The van der Waals surface area contributed by atoms with Crippen LogP contribution >= 0.6 is 11.6 Å². The highest BCUT2D eigenvalue weighted by Gasteiger charge is 2.09. The number of rotatable bonds is 2. The molecule has 1 aromatic heterocycles. The largest absolute Gasteiger partial charge is 0.452 e. The molecule has 0 saturated heterocycles. The zero-order valence-electron chi connectivity index (χ0n) is 8.45. The first-order valence-electron chi connectivity index (χ1n) is 4.47. The number of halogens is 2. The van der Waals surface area contributed by atoms with Gasteiger partial charge in [-0.05, 0) is 0 Å². The zero-order valence-corrected chi connectivity index (χ0v) is 9.20. The molecule has 2 aromatic rings. The first-order chi connectivity index (χ1) is 7.56. The number of anilines is 1. The Morgan fingerprint density at radius 1 is 1.50 bits per heavy atom. The number of nitrogens with zero attached hydrogens (tertiary/aromatic N) is 2. The minimum atomic E-state index is -0.572. The predicted molar refractivity (Wildman–Crippen MR) is 59.1 cm³/mol. The van der Waals surface area contributed by atoms with E-state index in [9.17, 15) is 4.39 Å². The molecule has 0 aliphatic rings. The predicted octanol–water partition coefficient (Wildman–Crippen LogP) is 2.59. The summed E-state index contributed by atoms with van der Waals surface area (Å²) in [5.74, 6) is 0.244. The monoisotopic (exact) mass is 241 g/mol. The molecule has 0 aliphatic carbocycles. The molecule has 0 saturated carbocycles. The van der Waals surface area contributed by atoms with Crippen LogP contribution in [-0.4, -0.2) is 9.78 Å². The molecule has 0 fully saturated rings. The van der Waals surface area contributed by atoms with Gasteiger partial charge in [-0.25, -0.2) is 4.39 Å². The van der Waals surface area contributed by atoms with Gasteiger partial charge < -0.3 is 10.5 Å². The molecule has 1 aromatic carbocycles. The van der Waals surface area contributed by atoms with E-state index in [1.54, 1.807) is 17.9 Å². The molecule has 4 nitrogen and oxygen atoms in total. The molecule has 6 heteroatoms. The van der Waals surface area contributed by atoms with Crippen LogP contribution in [0.2, 0.25) is 5.02 Å². The fourth-order valence-electron chi connectivity index (χ4n) is 1.21. The number of ether oxygens (including phenoxy) is 1. The number of nitrogen functional groups attached to an aromatic ring is 1. The van der Waals surface area contributed by atoms with E-state index in [0.717, 1.165) is 6.07 Å². The molecule has 0 bridgehead atoms. The fourth-order valence-corrected chi connectivity index (χ4v) is 1.36. The summed E-state index contributed by atoms with van der Waals surface area (Å²) >= 11 is 5.63. The lowest BCUT2D eigenvalue weighted by Gasteiger charge is -2.07. The highest BCUT2D eigenvalue weighted by molar-refractivity contribution is 6.31. The van der Waals surface area contributed by atoms with Crippen LogP contribution in [0.4, 0.5) is 10.1 Å². The summed E-state index contributed by atoms with van der Waals surface area (Å²) in [6.07, 6.45) is 3.19. The molecule has 84 valence electrons. The van der Waals surface area contributed by atoms with E-state index in [1.807, 2.05) is 0 Å². The first-order valence-corrected chi connectivity index (χ1v) is 4.85. The Balaban J connectivity index is 2.31. The molecule has 16 heavy (non-hydrogen) atoms. The highest BCUT2D eigenvalue weighted by atomic mass is 35.5. The summed E-state index contributed by atoms with van der Waals surface area (Å²) in [5.41, 5.74) is 5.78. The Morgan fingerprint density at radius 2 is 2.25 bits per heavy atom. The van der Waals surface area contributed by atoms with Crippen LogP contribution in [0.1, 0.15) is 0 Å². The molecule has 0 atom stereocenters. The second kappa shape index (κ2) is 4.02. The normalized spacial score (nSPS) is 10.4. The van der Waals surface area contributed by atoms with Crippen molar-refractivity contribution in [2.24, 2.45) is 7.05 Å². The van der Waals surface area contributed by atoms with Crippen LogP contribution in [0.15, 0.2) is 24.5 Å². The minimum Gasteiger partial charge on any atom is -0.452 e. The Morgan fingerprint density at radius 3 is 2.88 bits per heavy atom. The molecule has 0 radical (unpaired) electrons. The van der Waals surface area contributed by atoms with Gasteiger partial charge in [0, 0.05) is 19.2 Å². The topological polar surface area (TPSA) is 53.1 Å². The van der Waals surface area contributed by atoms with E-state index in [-0.39, 0.29) is 10.7 Å². The van der Waals surface area contributed by atoms with E-state index in [4.69, 9.17) is 22.1 Å². The van der Waals surface area contributed by atoms with E-state index in [2.05, 4.69) is 5.10 Å². The quantitative estimate of drug-likeness (QED) is 0.823. The first kappa shape index (κ1) is 10.8. The van der Waals surface area contributed by atoms with Gasteiger partial charge in [-0.2, -0.15) is 5.10 Å². The molecule has 0 aliphatic heterocycles. The second-order valence-electron chi connectivity index (χ2n) is 3.26. The molecular weight excluding hydrogens is 233 g/mol. The van der Waals surface area contributed by atoms with Gasteiger partial charge in [0.2, 0.25) is 0 Å². The van der Waals surface area contributed by atoms with Crippen molar-refractivity contribution < 1.29 is 9.13 Å². The number of benzene rings is 1. The molecule has 2 N–H and O–H groups in total. The second-order valence-corrected chi connectivity index (χ2v) is 3.66. The van der Waals surface area contributed by atoms with E-state index in [0.29, 0.717) is 11.5 Å². The van der Waals surface area contributed by atoms with Crippen LogP contribution < -0.4 is 10.5 Å². The summed E-state index contributed by atoms with van der Waals surface area (Å²) in [6.45, 7) is 0. The molecule has 0 amide bonds. The SMILES string of the molecule is Cn1cc(Oc2cc(Cl)c(F)cc2N)cn1. The molecule has 0 unspecified atom stereocenters. The third-order valence-corrected chi connectivity index (χ3v) is 2.25. The van der Waals surface area contributed by atoms with Crippen LogP contribution in [0.25, 0.3) is 0 Å². The average molecular weight is 242 g/mol. The van der Waals surface area contributed by atoms with Gasteiger partial charge in [0.15, 0.2) is 11.5 Å². The van der Waals surface area contributed by atoms with Crippen molar-refractivity contribution in [1.29, 1.82) is 0 Å². The van der Waals surface area contributed by atoms with Gasteiger partial charge in [-0.1, -0.05) is 11.6 Å². The molecule has 0 spiro atoms. The molecule has 2 rings (SSSR count). The van der Waals surface area contributed by atoms with Gasteiger partial charge in [0.25, 0.3) is 0 Å². The molecular formula is C10H9ClFN3O. The standard InChI is InChI=1S/C10H9ClFN3O/c1-15-5-6(4-14-15)16-10-2-7(11)8(12)3-9(10)13/h2-5H,13H2,1H3. The lowest BCUT2D eigenvalue weighted by molar-refractivity contribution is 0.482. The van der Waals surface area contributed by atoms with Crippen molar-refractivity contribution in [3.8, 4) is 11.5 Å². The van der Waals surface area contributed by atoms with Crippen LogP contribution in [0.3, 0.4) is 0 Å². The van der Waals surface area contributed by atoms with Crippen LogP contribution in [0.5, 0.6) is 11.5 Å². The van der Waals surface area contributed by atoms with Crippen molar-refractivity contribution in [3.05, 3.63) is 35.4 Å². The van der Waals surface area contributed by atoms with Crippen LogP contribution in [0, 0.1) is 5.82 Å². The van der Waals surface area contributed by atoms with Gasteiger partial charge >= 0.3 is 0 Å². The number of hydrogen-bond acceptors (Lipinski definition) is 3. The Hall–Kier alpha value is -1.75. The van der Waals surface area contributed by atoms with Gasteiger partial charge in [-0.3, -0.25) is 4.68 Å². The zero-order chi connectivity index (χ0) is 11.7. The Labute approximate surface area is 96.4 Å². The highest BCUT2D eigenvalue weighted by Crippen LogP contribution is 2.31. The van der Waals surface area contributed by atoms with Crippen molar-refractivity contribution in [1.82, 2.24) is 9.78 Å². The van der Waals surface area contributed by atoms with E-state index < -0.39 is 5.82 Å². The van der Waals surface area contributed by atoms with E-state index in [1.165, 1.54) is 12.3 Å². The van der Waals surface area contributed by atoms with Crippen molar-refractivity contribution in [3.63, 3.8) is 0 Å².